The van der Waals surface area contributed by atoms with E-state index in [-0.39, 0.29) is 51.5 Å². The Bertz CT molecular complexity index is 1340. The van der Waals surface area contributed by atoms with Crippen molar-refractivity contribution in [2.45, 2.75) is 158 Å². The number of allylic oxidation sites excluding steroid dienone is 2. The van der Waals surface area contributed by atoms with E-state index >= 15 is 0 Å². The lowest BCUT2D eigenvalue weighted by atomic mass is 9.33. The van der Waals surface area contributed by atoms with Gasteiger partial charge in [0.1, 0.15) is 6.10 Å². The Kier molecular flexibility index (Phi) is 9.20. The van der Waals surface area contributed by atoms with E-state index in [9.17, 15) is 19.5 Å². The second-order valence-corrected chi connectivity index (χ2v) is 19.8. The third-order valence-electron chi connectivity index (χ3n) is 16.3. The number of piperidine rings is 1. The van der Waals surface area contributed by atoms with E-state index in [2.05, 4.69) is 53.4 Å². The standard InChI is InChI=1S/C42H67NO5/c1-27(2)34-29(44)25-42(21-24-43-22-11-10-12-23-43)20-19-40(8)28(35(34)42)13-14-31-39(7)17-16-32(48-33(45)26-37(3,4)36(46)47)38(5,6)30(39)15-18-41(31,40)9/h27-28,30-32H,10-26H2,1-9H3,(H,46,47). The number of carboxylic acids is 1. The number of aliphatic carboxylic acids is 1. The van der Waals surface area contributed by atoms with Crippen molar-refractivity contribution < 1.29 is 24.2 Å². The molecule has 0 aromatic carbocycles. The molecule has 0 bridgehead atoms. The molecule has 1 saturated heterocycles. The van der Waals surface area contributed by atoms with Crippen LogP contribution in [0.1, 0.15) is 152 Å². The summed E-state index contributed by atoms with van der Waals surface area (Å²) in [5.41, 5.74) is 2.06. The summed E-state index contributed by atoms with van der Waals surface area (Å²) < 4.78 is 6.18. The lowest BCUT2D eigenvalue weighted by Gasteiger charge is -2.72. The average Bonchev–Trinajstić information content (AvgIpc) is 3.30. The van der Waals surface area contributed by atoms with Crippen LogP contribution in [-0.4, -0.2) is 53.5 Å². The van der Waals surface area contributed by atoms with Crippen molar-refractivity contribution in [2.75, 3.05) is 19.6 Å². The van der Waals surface area contributed by atoms with Gasteiger partial charge >= 0.3 is 11.9 Å². The molecule has 0 radical (unpaired) electrons. The van der Waals surface area contributed by atoms with E-state index < -0.39 is 11.4 Å². The van der Waals surface area contributed by atoms with Crippen LogP contribution in [-0.2, 0) is 19.1 Å². The lowest BCUT2D eigenvalue weighted by Crippen LogP contribution is -2.65. The number of Topliss-reactive ketones (excluding diaryl/α,β-unsaturated/α-hetero) is 1. The largest absolute Gasteiger partial charge is 0.481 e. The zero-order valence-electron chi connectivity index (χ0n) is 31.9. The average molecular weight is 666 g/mol. The van der Waals surface area contributed by atoms with Gasteiger partial charge in [0.2, 0.25) is 0 Å². The number of ether oxygens (including phenoxy) is 1. The zero-order valence-corrected chi connectivity index (χ0v) is 31.9. The van der Waals surface area contributed by atoms with E-state index in [0.717, 1.165) is 45.1 Å². The summed E-state index contributed by atoms with van der Waals surface area (Å²) in [6, 6.07) is 0. The first-order valence-corrected chi connectivity index (χ1v) is 19.8. The van der Waals surface area contributed by atoms with Gasteiger partial charge in [-0.1, -0.05) is 60.5 Å². The maximum absolute atomic E-state index is 14.0. The van der Waals surface area contributed by atoms with Gasteiger partial charge in [-0.15, -0.1) is 0 Å². The lowest BCUT2D eigenvalue weighted by molar-refractivity contribution is -0.233. The minimum atomic E-state index is -1.13. The van der Waals surface area contributed by atoms with Crippen LogP contribution >= 0.6 is 0 Å². The smallest absolute Gasteiger partial charge is 0.309 e. The summed E-state index contributed by atoms with van der Waals surface area (Å²) in [4.78, 5) is 41.4. The van der Waals surface area contributed by atoms with Crippen molar-refractivity contribution in [3.63, 3.8) is 0 Å². The number of hydrogen-bond donors (Lipinski definition) is 1. The van der Waals surface area contributed by atoms with E-state index in [0.29, 0.717) is 23.5 Å². The first kappa shape index (κ1) is 36.1. The Balaban J connectivity index is 1.27. The topological polar surface area (TPSA) is 83.9 Å². The van der Waals surface area contributed by atoms with Gasteiger partial charge < -0.3 is 14.7 Å². The first-order valence-electron chi connectivity index (χ1n) is 19.8. The zero-order chi connectivity index (χ0) is 35.1. The van der Waals surface area contributed by atoms with Gasteiger partial charge in [0.25, 0.3) is 0 Å². The molecular weight excluding hydrogens is 598 g/mol. The Morgan fingerprint density at radius 1 is 0.896 bits per heavy atom. The van der Waals surface area contributed by atoms with Gasteiger partial charge in [0, 0.05) is 17.3 Å². The molecule has 0 aromatic heterocycles. The normalized spacial score (nSPS) is 41.3. The molecule has 6 rings (SSSR count). The minimum absolute atomic E-state index is 0.0573. The summed E-state index contributed by atoms with van der Waals surface area (Å²) in [6.45, 7) is 23.8. The number of esters is 1. The number of rotatable bonds is 8. The molecule has 1 heterocycles. The molecule has 0 spiro atoms. The summed E-state index contributed by atoms with van der Waals surface area (Å²) >= 11 is 0. The quantitative estimate of drug-likeness (QED) is 0.260. The third-order valence-corrected chi connectivity index (χ3v) is 16.3. The molecule has 8 unspecified atom stereocenters. The number of hydrogen-bond acceptors (Lipinski definition) is 5. The van der Waals surface area contributed by atoms with Gasteiger partial charge in [-0.2, -0.15) is 0 Å². The molecule has 0 amide bonds. The molecule has 4 saturated carbocycles. The Morgan fingerprint density at radius 2 is 1.58 bits per heavy atom. The van der Waals surface area contributed by atoms with Gasteiger partial charge in [-0.25, -0.2) is 0 Å². The number of ketones is 1. The van der Waals surface area contributed by atoms with Crippen LogP contribution < -0.4 is 0 Å². The summed E-state index contributed by atoms with van der Waals surface area (Å²) in [5, 5.41) is 9.59. The van der Waals surface area contributed by atoms with E-state index in [1.807, 2.05) is 0 Å². The maximum Gasteiger partial charge on any atom is 0.309 e. The molecule has 0 aromatic rings. The summed E-state index contributed by atoms with van der Waals surface area (Å²) in [7, 11) is 0. The highest BCUT2D eigenvalue weighted by Crippen LogP contribution is 2.77. The van der Waals surface area contributed by atoms with Gasteiger partial charge in [-0.3, -0.25) is 14.4 Å². The van der Waals surface area contributed by atoms with E-state index in [1.165, 1.54) is 63.6 Å². The molecule has 6 heteroatoms. The van der Waals surface area contributed by atoms with Crippen LogP contribution in [0.3, 0.4) is 0 Å². The summed E-state index contributed by atoms with van der Waals surface area (Å²) in [5.74, 6) is 0.897. The molecule has 5 aliphatic carbocycles. The van der Waals surface area contributed by atoms with E-state index in [4.69, 9.17) is 4.74 Å². The van der Waals surface area contributed by atoms with Crippen molar-refractivity contribution >= 4 is 17.7 Å². The fraction of sp³-hybridized carbons (Fsp3) is 0.881. The predicted molar refractivity (Wildman–Crippen MR) is 190 cm³/mol. The summed E-state index contributed by atoms with van der Waals surface area (Å²) in [6.07, 6.45) is 14.5. The van der Waals surface area contributed by atoms with E-state index in [1.54, 1.807) is 19.4 Å². The van der Waals surface area contributed by atoms with Gasteiger partial charge in [0.15, 0.2) is 5.78 Å². The van der Waals surface area contributed by atoms with Crippen LogP contribution in [0.2, 0.25) is 0 Å². The Labute approximate surface area is 291 Å². The van der Waals surface area contributed by atoms with Gasteiger partial charge in [0.05, 0.1) is 11.8 Å². The monoisotopic (exact) mass is 666 g/mol. The number of nitrogens with zero attached hydrogens (tertiary/aromatic N) is 1. The molecule has 1 N–H and O–H groups in total. The van der Waals surface area contributed by atoms with Crippen LogP contribution in [0.5, 0.6) is 0 Å². The highest BCUT2D eigenvalue weighted by Gasteiger charge is 2.70. The highest BCUT2D eigenvalue weighted by atomic mass is 16.5. The second kappa shape index (κ2) is 12.2. The molecule has 6 aliphatic rings. The second-order valence-electron chi connectivity index (χ2n) is 19.8. The SMILES string of the molecule is CC(C)C1=C2C3CCC4C5(C)CCC(OC(=O)CC(C)(C)C(=O)O)C(C)(C)C5CCC4(C)C3(C)CCC2(CCN2CCCCC2)CC1=O. The predicted octanol–water partition coefficient (Wildman–Crippen LogP) is 9.26. The molecule has 6 nitrogen and oxygen atoms in total. The highest BCUT2D eigenvalue weighted by molar-refractivity contribution is 6.00. The molecule has 270 valence electrons. The van der Waals surface area contributed by atoms with Crippen molar-refractivity contribution in [3.8, 4) is 0 Å². The van der Waals surface area contributed by atoms with Crippen molar-refractivity contribution in [2.24, 2.45) is 56.2 Å². The number of fused-ring (bicyclic) bond motifs is 7. The number of carbonyl (C=O) groups is 3. The molecule has 1 aliphatic heterocycles. The molecule has 5 fully saturated rings. The van der Waals surface area contributed by atoms with Crippen molar-refractivity contribution in [1.29, 1.82) is 0 Å². The molecule has 48 heavy (non-hydrogen) atoms. The van der Waals surface area contributed by atoms with Gasteiger partial charge in [-0.05, 0) is 150 Å². The number of likely N-dealkylation sites (tertiary alicyclic amines) is 1. The van der Waals surface area contributed by atoms with Crippen LogP contribution in [0, 0.1) is 56.2 Å². The third kappa shape index (κ3) is 5.47. The van der Waals surface area contributed by atoms with Crippen molar-refractivity contribution in [1.82, 2.24) is 4.90 Å². The fourth-order valence-electron chi connectivity index (χ4n) is 13.4. The van der Waals surface area contributed by atoms with Crippen LogP contribution in [0.15, 0.2) is 11.1 Å². The maximum atomic E-state index is 14.0. The number of carboxylic acid groups (broad SMARTS) is 1. The Morgan fingerprint density at radius 3 is 2.23 bits per heavy atom. The molecular formula is C42H67NO5. The van der Waals surface area contributed by atoms with Crippen LogP contribution in [0.25, 0.3) is 0 Å². The molecule has 8 atom stereocenters. The Hall–Kier alpha value is -1.69. The first-order chi connectivity index (χ1) is 22.3. The minimum Gasteiger partial charge on any atom is -0.481 e. The number of carbonyl (C=O) groups excluding carboxylic acids is 2. The van der Waals surface area contributed by atoms with Crippen LogP contribution in [0.4, 0.5) is 0 Å². The fourth-order valence-corrected chi connectivity index (χ4v) is 13.4. The van der Waals surface area contributed by atoms with Crippen molar-refractivity contribution in [3.05, 3.63) is 11.1 Å².